The number of alkyl halides is 2. The van der Waals surface area contributed by atoms with Gasteiger partial charge in [0.2, 0.25) is 6.43 Å². The second kappa shape index (κ2) is 7.57. The zero-order valence-electron chi connectivity index (χ0n) is 5.72. The molecule has 0 amide bonds. The summed E-state index contributed by atoms with van der Waals surface area (Å²) in [6.07, 6.45) is -2.20. The van der Waals surface area contributed by atoms with Crippen molar-refractivity contribution in [3.63, 3.8) is 0 Å². The molecular weight excluding hydrogens is 180 g/mol. The van der Waals surface area contributed by atoms with Crippen molar-refractivity contribution in [1.82, 2.24) is 0 Å². The quantitative estimate of drug-likeness (QED) is 0.733. The molecule has 0 saturated heterocycles. The fourth-order valence-corrected chi connectivity index (χ4v) is 1.03. The fourth-order valence-electron chi connectivity index (χ4n) is 0.343. The molecule has 0 aromatic heterocycles. The van der Waals surface area contributed by atoms with Gasteiger partial charge in [-0.25, -0.2) is 8.78 Å². The Morgan fingerprint density at radius 2 is 1.90 bits per heavy atom. The molecule has 1 nitrogen and oxygen atoms in total. The van der Waals surface area contributed by atoms with Crippen LogP contribution in [0.5, 0.6) is 0 Å². The summed E-state index contributed by atoms with van der Waals surface area (Å²) in [6.45, 7) is 1.80. The maximum atomic E-state index is 11.4. The van der Waals surface area contributed by atoms with Gasteiger partial charge in [0.05, 0.1) is 5.75 Å². The summed E-state index contributed by atoms with van der Waals surface area (Å²) in [5.41, 5.74) is 5.31. The van der Waals surface area contributed by atoms with Crippen LogP contribution in [0.15, 0.2) is 0 Å². The molecule has 0 aliphatic carbocycles. The van der Waals surface area contributed by atoms with Crippen molar-refractivity contribution in [3.05, 3.63) is 0 Å². The summed E-state index contributed by atoms with van der Waals surface area (Å²) in [5, 5.41) is 0. The van der Waals surface area contributed by atoms with Gasteiger partial charge in [0.25, 0.3) is 0 Å². The minimum Gasteiger partial charge on any atom is -0.327 e. The molecule has 5 heteroatoms. The zero-order valence-corrected chi connectivity index (χ0v) is 7.35. The van der Waals surface area contributed by atoms with Crippen molar-refractivity contribution >= 4 is 24.2 Å². The molecule has 0 aromatic carbocycles. The average molecular weight is 192 g/mol. The summed E-state index contributed by atoms with van der Waals surface area (Å²) in [4.78, 5) is 0. The molecule has 0 fully saturated rings. The van der Waals surface area contributed by atoms with Crippen molar-refractivity contribution in [2.45, 2.75) is 19.4 Å². The van der Waals surface area contributed by atoms with Crippen LogP contribution in [0.4, 0.5) is 8.78 Å². The van der Waals surface area contributed by atoms with Gasteiger partial charge in [-0.05, 0) is 6.92 Å². The largest absolute Gasteiger partial charge is 0.327 e. The Labute approximate surface area is 70.1 Å². The predicted octanol–water partition coefficient (Wildman–Crippen LogP) is 1.75. The molecule has 0 spiro atoms. The van der Waals surface area contributed by atoms with Crippen LogP contribution < -0.4 is 5.73 Å². The van der Waals surface area contributed by atoms with Crippen LogP contribution in [0.1, 0.15) is 6.92 Å². The molecule has 0 heterocycles. The van der Waals surface area contributed by atoms with Crippen LogP contribution in [-0.4, -0.2) is 24.0 Å². The van der Waals surface area contributed by atoms with Gasteiger partial charge in [0.15, 0.2) is 0 Å². The Balaban J connectivity index is 0. The lowest BCUT2D eigenvalue weighted by molar-refractivity contribution is 0.177. The number of thioether (sulfide) groups is 1. The van der Waals surface area contributed by atoms with Crippen LogP contribution in [-0.2, 0) is 0 Å². The van der Waals surface area contributed by atoms with Crippen molar-refractivity contribution in [3.8, 4) is 0 Å². The molecule has 0 saturated carbocycles. The molecule has 0 aromatic rings. The number of hydrogen-bond donors (Lipinski definition) is 1. The van der Waals surface area contributed by atoms with E-state index >= 15 is 0 Å². The van der Waals surface area contributed by atoms with Crippen molar-refractivity contribution < 1.29 is 8.78 Å². The summed E-state index contributed by atoms with van der Waals surface area (Å²) in [5.74, 6) is 0.520. The van der Waals surface area contributed by atoms with E-state index in [-0.39, 0.29) is 24.2 Å². The van der Waals surface area contributed by atoms with E-state index in [1.165, 1.54) is 11.8 Å². The van der Waals surface area contributed by atoms with Crippen LogP contribution in [0.3, 0.4) is 0 Å². The summed E-state index contributed by atoms with van der Waals surface area (Å²) in [6, 6.07) is 0.0220. The highest BCUT2D eigenvalue weighted by Gasteiger charge is 2.02. The molecule has 0 unspecified atom stereocenters. The Morgan fingerprint density at radius 1 is 1.40 bits per heavy atom. The van der Waals surface area contributed by atoms with Crippen LogP contribution >= 0.6 is 24.2 Å². The molecule has 2 N–H and O–H groups in total. The molecule has 64 valence electrons. The minimum absolute atomic E-state index is 0. The number of hydrogen-bond acceptors (Lipinski definition) is 2. The molecular formula is C5H12ClF2NS. The number of rotatable bonds is 4. The van der Waals surface area contributed by atoms with Crippen molar-refractivity contribution in [2.24, 2.45) is 5.73 Å². The maximum Gasteiger partial charge on any atom is 0.247 e. The van der Waals surface area contributed by atoms with E-state index < -0.39 is 6.43 Å². The Morgan fingerprint density at radius 3 is 2.20 bits per heavy atom. The highest BCUT2D eigenvalue weighted by atomic mass is 35.5. The highest BCUT2D eigenvalue weighted by molar-refractivity contribution is 7.99. The van der Waals surface area contributed by atoms with Gasteiger partial charge in [-0.3, -0.25) is 0 Å². The summed E-state index contributed by atoms with van der Waals surface area (Å²) < 4.78 is 22.8. The topological polar surface area (TPSA) is 26.0 Å². The van der Waals surface area contributed by atoms with Gasteiger partial charge >= 0.3 is 0 Å². The zero-order chi connectivity index (χ0) is 7.28. The Bertz CT molecular complexity index is 64.7. The van der Waals surface area contributed by atoms with E-state index in [0.717, 1.165) is 0 Å². The standard InChI is InChI=1S/C5H11F2NS.ClH/c1-4(8)2-9-3-5(6)7;/h4-5H,2-3,8H2,1H3;1H/t4-;/m1./s1. The average Bonchev–Trinajstić information content (AvgIpc) is 1.63. The van der Waals surface area contributed by atoms with Gasteiger partial charge in [0.1, 0.15) is 0 Å². The van der Waals surface area contributed by atoms with Crippen molar-refractivity contribution in [1.29, 1.82) is 0 Å². The Kier molecular flexibility index (Phi) is 9.90. The SMILES string of the molecule is C[C@@H](N)CSCC(F)F.Cl. The second-order valence-electron chi connectivity index (χ2n) is 1.91. The number of nitrogens with two attached hydrogens (primary N) is 1. The molecule has 1 atom stereocenters. The second-order valence-corrected chi connectivity index (χ2v) is 2.98. The van der Waals surface area contributed by atoms with E-state index in [2.05, 4.69) is 0 Å². The first kappa shape index (κ1) is 13.1. The van der Waals surface area contributed by atoms with Gasteiger partial charge in [-0.15, -0.1) is 12.4 Å². The fraction of sp³-hybridized carbons (Fsp3) is 1.00. The molecule has 0 rings (SSSR count). The van der Waals surface area contributed by atoms with Gasteiger partial charge in [0, 0.05) is 11.8 Å². The third-order valence-corrected chi connectivity index (χ3v) is 1.87. The van der Waals surface area contributed by atoms with Gasteiger partial charge in [-0.1, -0.05) is 0 Å². The third kappa shape index (κ3) is 11.3. The van der Waals surface area contributed by atoms with E-state index in [1.54, 1.807) is 6.92 Å². The first-order valence-corrected chi connectivity index (χ1v) is 3.90. The first-order chi connectivity index (χ1) is 4.13. The van der Waals surface area contributed by atoms with Crippen LogP contribution in [0.2, 0.25) is 0 Å². The first-order valence-electron chi connectivity index (χ1n) is 2.74. The number of halogens is 3. The molecule has 10 heavy (non-hydrogen) atoms. The minimum atomic E-state index is -2.20. The maximum absolute atomic E-state index is 11.4. The monoisotopic (exact) mass is 191 g/mol. The van der Waals surface area contributed by atoms with Crippen LogP contribution in [0, 0.1) is 0 Å². The molecule has 0 bridgehead atoms. The molecule has 0 aliphatic heterocycles. The summed E-state index contributed by atoms with van der Waals surface area (Å²) >= 11 is 1.19. The van der Waals surface area contributed by atoms with E-state index in [4.69, 9.17) is 5.73 Å². The van der Waals surface area contributed by atoms with Gasteiger partial charge in [-0.2, -0.15) is 11.8 Å². The lowest BCUT2D eigenvalue weighted by Gasteiger charge is -2.02. The van der Waals surface area contributed by atoms with Crippen molar-refractivity contribution in [2.75, 3.05) is 11.5 Å². The van der Waals surface area contributed by atoms with E-state index in [1.807, 2.05) is 0 Å². The molecule has 0 aliphatic rings. The lowest BCUT2D eigenvalue weighted by Crippen LogP contribution is -2.18. The highest BCUT2D eigenvalue weighted by Crippen LogP contribution is 2.06. The normalized spacial score (nSPS) is 12.9. The Hall–Kier alpha value is 0.460. The summed E-state index contributed by atoms with van der Waals surface area (Å²) in [7, 11) is 0. The molecule has 0 radical (unpaired) electrons. The predicted molar refractivity (Wildman–Crippen MR) is 44.2 cm³/mol. The van der Waals surface area contributed by atoms with E-state index in [9.17, 15) is 8.78 Å². The smallest absolute Gasteiger partial charge is 0.247 e. The van der Waals surface area contributed by atoms with Gasteiger partial charge < -0.3 is 5.73 Å². The third-order valence-electron chi connectivity index (χ3n) is 0.625. The lowest BCUT2D eigenvalue weighted by atomic mass is 10.4. The van der Waals surface area contributed by atoms with Crippen LogP contribution in [0.25, 0.3) is 0 Å². The van der Waals surface area contributed by atoms with E-state index in [0.29, 0.717) is 5.75 Å².